The van der Waals surface area contributed by atoms with Gasteiger partial charge in [-0.05, 0) is 37.0 Å². The van der Waals surface area contributed by atoms with Crippen molar-refractivity contribution in [1.29, 1.82) is 0 Å². The van der Waals surface area contributed by atoms with Gasteiger partial charge in [-0.15, -0.1) is 0 Å². The van der Waals surface area contributed by atoms with Gasteiger partial charge in [0.2, 0.25) is 11.8 Å². The molecule has 1 aliphatic rings. The first kappa shape index (κ1) is 19.1. The zero-order chi connectivity index (χ0) is 21.7. The second-order valence-corrected chi connectivity index (χ2v) is 7.54. The maximum atomic E-state index is 14.8. The van der Waals surface area contributed by atoms with Crippen molar-refractivity contribution in [3.05, 3.63) is 75.6 Å². The minimum atomic E-state index is -0.928. The fraction of sp³-hybridized carbons (Fsp3) is 0.182. The Morgan fingerprint density at radius 3 is 2.87 bits per heavy atom. The van der Waals surface area contributed by atoms with Gasteiger partial charge in [0, 0.05) is 29.8 Å². The largest absolute Gasteiger partial charge is 0.347 e. The minimum absolute atomic E-state index is 0.0623. The molecular weight excluding hydrogens is 404 g/mol. The van der Waals surface area contributed by atoms with Crippen LogP contribution >= 0.6 is 0 Å². The van der Waals surface area contributed by atoms with Crippen molar-refractivity contribution < 1.29 is 13.7 Å². The maximum absolute atomic E-state index is 14.8. The molecule has 0 fully saturated rings. The van der Waals surface area contributed by atoms with Crippen molar-refractivity contribution in [3.63, 3.8) is 0 Å². The Kier molecular flexibility index (Phi) is 4.39. The summed E-state index contributed by atoms with van der Waals surface area (Å²) in [6.45, 7) is 2.45. The van der Waals surface area contributed by atoms with Gasteiger partial charge in [0.15, 0.2) is 5.82 Å². The van der Waals surface area contributed by atoms with E-state index in [-0.39, 0.29) is 17.3 Å². The van der Waals surface area contributed by atoms with Crippen LogP contribution in [0, 0.1) is 28.7 Å². The average Bonchev–Trinajstić information content (AvgIpc) is 3.12. The van der Waals surface area contributed by atoms with Gasteiger partial charge in [-0.1, -0.05) is 18.2 Å². The Labute approximate surface area is 175 Å². The van der Waals surface area contributed by atoms with E-state index < -0.39 is 22.2 Å². The summed E-state index contributed by atoms with van der Waals surface area (Å²) in [7, 11) is 0. The molecule has 0 spiro atoms. The first-order valence-corrected chi connectivity index (χ1v) is 9.77. The number of aromatic nitrogens is 3. The molecule has 4 aromatic rings. The lowest BCUT2D eigenvalue weighted by Crippen LogP contribution is -2.05. The highest BCUT2D eigenvalue weighted by molar-refractivity contribution is 5.97. The number of hydrogen-bond donors (Lipinski definition) is 1. The summed E-state index contributed by atoms with van der Waals surface area (Å²) >= 11 is 0. The first-order valence-electron chi connectivity index (χ1n) is 9.77. The predicted molar refractivity (Wildman–Crippen MR) is 112 cm³/mol. The zero-order valence-electron chi connectivity index (χ0n) is 16.5. The van der Waals surface area contributed by atoms with E-state index in [1.807, 2.05) is 18.3 Å². The molecule has 2 aromatic carbocycles. The van der Waals surface area contributed by atoms with E-state index in [1.165, 1.54) is 5.56 Å². The molecule has 3 heterocycles. The van der Waals surface area contributed by atoms with Crippen molar-refractivity contribution in [3.8, 4) is 11.3 Å². The number of para-hydroxylation sites is 1. The van der Waals surface area contributed by atoms with Crippen LogP contribution < -0.4 is 5.32 Å². The second-order valence-electron chi connectivity index (χ2n) is 7.54. The number of hydrogen-bond acceptors (Lipinski definition) is 5. The molecular formula is C22H17F2N5O2. The predicted octanol–water partition coefficient (Wildman–Crippen LogP) is 5.28. The third kappa shape index (κ3) is 3.18. The van der Waals surface area contributed by atoms with E-state index >= 15 is 0 Å². The standard InChI is InChI=1S/C22H17F2N5O2/c1-12-8-16(23)19(29(30)31)9-18(12)26-22-25-10-17(24)20(27-22)15-11-28-7-3-5-13-4-2-6-14(15)21(13)28/h2,4,6,8-11H,3,5,7H2,1H3,(H,25,26,27). The molecule has 31 heavy (non-hydrogen) atoms. The molecule has 0 radical (unpaired) electrons. The van der Waals surface area contributed by atoms with Gasteiger partial charge in [-0.3, -0.25) is 10.1 Å². The zero-order valence-corrected chi connectivity index (χ0v) is 16.5. The fourth-order valence-corrected chi connectivity index (χ4v) is 4.12. The van der Waals surface area contributed by atoms with Crippen molar-refractivity contribution >= 4 is 28.2 Å². The van der Waals surface area contributed by atoms with Crippen LogP contribution in [0.2, 0.25) is 0 Å². The third-order valence-electron chi connectivity index (χ3n) is 5.56. The van der Waals surface area contributed by atoms with Crippen LogP contribution in [0.25, 0.3) is 22.2 Å². The molecule has 1 N–H and O–H groups in total. The topological polar surface area (TPSA) is 85.9 Å². The molecule has 156 valence electrons. The van der Waals surface area contributed by atoms with Gasteiger partial charge in [0.25, 0.3) is 0 Å². The van der Waals surface area contributed by atoms with E-state index in [0.29, 0.717) is 11.1 Å². The molecule has 9 heteroatoms. The molecule has 0 aliphatic carbocycles. The van der Waals surface area contributed by atoms with E-state index in [2.05, 4.69) is 25.9 Å². The molecule has 0 saturated heterocycles. The van der Waals surface area contributed by atoms with Gasteiger partial charge in [-0.25, -0.2) is 14.4 Å². The number of nitro groups is 1. The Morgan fingerprint density at radius 2 is 2.06 bits per heavy atom. The van der Waals surface area contributed by atoms with Gasteiger partial charge in [-0.2, -0.15) is 4.39 Å². The van der Waals surface area contributed by atoms with Crippen LogP contribution in [0.4, 0.5) is 26.1 Å². The summed E-state index contributed by atoms with van der Waals surface area (Å²) in [6.07, 6.45) is 4.95. The molecule has 1 aliphatic heterocycles. The minimum Gasteiger partial charge on any atom is -0.347 e. The van der Waals surface area contributed by atoms with Gasteiger partial charge >= 0.3 is 5.69 Å². The summed E-state index contributed by atoms with van der Waals surface area (Å²) in [4.78, 5) is 18.6. The quantitative estimate of drug-likeness (QED) is 0.358. The van der Waals surface area contributed by atoms with Gasteiger partial charge < -0.3 is 9.88 Å². The first-order chi connectivity index (χ1) is 14.9. The van der Waals surface area contributed by atoms with Crippen molar-refractivity contribution in [2.75, 3.05) is 5.32 Å². The van der Waals surface area contributed by atoms with Crippen LogP contribution in [0.15, 0.2) is 42.7 Å². The van der Waals surface area contributed by atoms with Gasteiger partial charge in [0.1, 0.15) is 5.69 Å². The van der Waals surface area contributed by atoms with Crippen LogP contribution in [-0.2, 0) is 13.0 Å². The van der Waals surface area contributed by atoms with Crippen molar-refractivity contribution in [1.82, 2.24) is 14.5 Å². The van der Waals surface area contributed by atoms with E-state index in [9.17, 15) is 18.9 Å². The molecule has 2 aromatic heterocycles. The highest BCUT2D eigenvalue weighted by Gasteiger charge is 2.21. The number of halogens is 2. The maximum Gasteiger partial charge on any atom is 0.306 e. The van der Waals surface area contributed by atoms with Crippen LogP contribution in [0.5, 0.6) is 0 Å². The summed E-state index contributed by atoms with van der Waals surface area (Å²) in [6, 6.07) is 8.12. The monoisotopic (exact) mass is 421 g/mol. The Bertz CT molecular complexity index is 1370. The number of rotatable bonds is 4. The number of benzene rings is 2. The van der Waals surface area contributed by atoms with E-state index in [1.54, 1.807) is 6.92 Å². The van der Waals surface area contributed by atoms with Crippen LogP contribution in [0.3, 0.4) is 0 Å². The highest BCUT2D eigenvalue weighted by Crippen LogP contribution is 2.36. The summed E-state index contributed by atoms with van der Waals surface area (Å²) in [5.74, 6) is -1.44. The summed E-state index contributed by atoms with van der Waals surface area (Å²) in [5.41, 5.74) is 3.14. The molecule has 0 atom stereocenters. The Balaban J connectivity index is 1.59. The van der Waals surface area contributed by atoms with E-state index in [4.69, 9.17) is 0 Å². The summed E-state index contributed by atoms with van der Waals surface area (Å²) in [5, 5.41) is 14.8. The number of nitro benzene ring substituents is 1. The molecule has 0 saturated carbocycles. The lowest BCUT2D eigenvalue weighted by atomic mass is 10.0. The summed E-state index contributed by atoms with van der Waals surface area (Å²) < 4.78 is 30.7. The second kappa shape index (κ2) is 7.12. The SMILES string of the molecule is Cc1cc(F)c([N+](=O)[O-])cc1Nc1ncc(F)c(-c2cn3c4c(cccc24)CCC3)n1. The fourth-order valence-electron chi connectivity index (χ4n) is 4.12. The molecule has 0 amide bonds. The smallest absolute Gasteiger partial charge is 0.306 e. The molecule has 0 unspecified atom stereocenters. The lowest BCUT2D eigenvalue weighted by Gasteiger charge is -2.14. The van der Waals surface area contributed by atoms with Crippen molar-refractivity contribution in [2.24, 2.45) is 0 Å². The molecule has 5 rings (SSSR count). The Morgan fingerprint density at radius 1 is 1.23 bits per heavy atom. The number of anilines is 2. The number of nitrogens with zero attached hydrogens (tertiary/aromatic N) is 4. The number of nitrogens with one attached hydrogen (secondary N) is 1. The molecule has 7 nitrogen and oxygen atoms in total. The van der Waals surface area contributed by atoms with Crippen LogP contribution in [0.1, 0.15) is 17.5 Å². The molecule has 0 bridgehead atoms. The Hall–Kier alpha value is -3.88. The van der Waals surface area contributed by atoms with Crippen LogP contribution in [-0.4, -0.2) is 19.5 Å². The van der Waals surface area contributed by atoms with Gasteiger partial charge in [0.05, 0.1) is 22.3 Å². The van der Waals surface area contributed by atoms with Crippen molar-refractivity contribution in [2.45, 2.75) is 26.3 Å². The lowest BCUT2D eigenvalue weighted by molar-refractivity contribution is -0.387. The number of aryl methyl sites for hydroxylation is 3. The highest BCUT2D eigenvalue weighted by atomic mass is 19.1. The average molecular weight is 421 g/mol. The third-order valence-corrected chi connectivity index (χ3v) is 5.56. The normalized spacial score (nSPS) is 12.9. The van der Waals surface area contributed by atoms with E-state index in [0.717, 1.165) is 48.6 Å².